The smallest absolute Gasteiger partial charge is 0.0773 e. The van der Waals surface area contributed by atoms with Crippen LogP contribution in [0.1, 0.15) is 67.2 Å². The molecule has 5 heterocycles. The van der Waals surface area contributed by atoms with Gasteiger partial charge in [0.1, 0.15) is 0 Å². The van der Waals surface area contributed by atoms with Gasteiger partial charge in [0.05, 0.1) is 11.8 Å². The lowest BCUT2D eigenvalue weighted by molar-refractivity contribution is -0.312. The van der Waals surface area contributed by atoms with Gasteiger partial charge < -0.3 is 10.4 Å². The minimum absolute atomic E-state index is 0.0803. The van der Waals surface area contributed by atoms with Crippen LogP contribution in [0.25, 0.3) is 0 Å². The first-order valence-corrected chi connectivity index (χ1v) is 10.00. The number of hydrogen-bond acceptors (Lipinski definition) is 4. The Bertz CT molecular complexity index is 483. The summed E-state index contributed by atoms with van der Waals surface area (Å²) in [5, 5.41) is 15.1. The Morgan fingerprint density at radius 1 is 0.833 bits per heavy atom. The molecule has 0 radical (unpaired) electrons. The standard InChI is InChI=1S/C20H37N3O/c1-7-18-11-22-13-19(8-2,15(18)24)14-23(12-18)20(22)9-16(3,4)21-17(5,6)10-20/h15,21,24H,7-14H2,1-6H3. The lowest BCUT2D eigenvalue weighted by Gasteiger charge is -2.76. The molecule has 0 amide bonds. The lowest BCUT2D eigenvalue weighted by atomic mass is 9.54. The SMILES string of the molecule is CCC12CN3CC(CC)(CN(C1)C31CC(C)(C)NC(C)(C)C1)C2O. The second-order valence-corrected chi connectivity index (χ2v) is 10.8. The van der Waals surface area contributed by atoms with Crippen LogP contribution in [0.3, 0.4) is 0 Å². The van der Waals surface area contributed by atoms with Crippen LogP contribution in [-0.2, 0) is 0 Å². The summed E-state index contributed by atoms with van der Waals surface area (Å²) in [6.07, 6.45) is 4.40. The molecule has 2 N–H and O–H groups in total. The summed E-state index contributed by atoms with van der Waals surface area (Å²) in [5.41, 5.74) is 0.632. The summed E-state index contributed by atoms with van der Waals surface area (Å²) < 4.78 is 0. The maximum Gasteiger partial charge on any atom is 0.0773 e. The molecule has 5 aliphatic rings. The first kappa shape index (κ1) is 17.3. The van der Waals surface area contributed by atoms with E-state index in [9.17, 15) is 5.11 Å². The molecular formula is C20H37N3O. The number of hydrogen-bond donors (Lipinski definition) is 2. The molecular weight excluding hydrogens is 298 g/mol. The average molecular weight is 336 g/mol. The fraction of sp³-hybridized carbons (Fsp3) is 1.00. The van der Waals surface area contributed by atoms with Crippen molar-refractivity contribution in [2.75, 3.05) is 26.2 Å². The van der Waals surface area contributed by atoms with Crippen molar-refractivity contribution in [2.24, 2.45) is 10.8 Å². The molecule has 4 bridgehead atoms. The van der Waals surface area contributed by atoms with Crippen LogP contribution < -0.4 is 5.32 Å². The van der Waals surface area contributed by atoms with Gasteiger partial charge in [-0.1, -0.05) is 13.8 Å². The van der Waals surface area contributed by atoms with Gasteiger partial charge in [-0.2, -0.15) is 0 Å². The number of aliphatic hydroxyl groups is 1. The monoisotopic (exact) mass is 335 g/mol. The highest BCUT2D eigenvalue weighted by atomic mass is 16.3. The number of nitrogens with zero attached hydrogens (tertiary/aromatic N) is 2. The normalized spacial score (nSPS) is 50.4. The van der Waals surface area contributed by atoms with Crippen LogP contribution in [0.15, 0.2) is 0 Å². The molecule has 5 aliphatic heterocycles. The fourth-order valence-corrected chi connectivity index (χ4v) is 7.28. The van der Waals surface area contributed by atoms with E-state index >= 15 is 0 Å². The van der Waals surface area contributed by atoms with Crippen molar-refractivity contribution in [1.82, 2.24) is 15.1 Å². The van der Waals surface area contributed by atoms with Crippen molar-refractivity contribution in [3.8, 4) is 0 Å². The third-order valence-electron chi connectivity index (χ3n) is 7.90. The maximum absolute atomic E-state index is 11.3. The van der Waals surface area contributed by atoms with Crippen LogP contribution in [0.2, 0.25) is 0 Å². The summed E-state index contributed by atoms with van der Waals surface area (Å²) in [6, 6.07) is 0. The van der Waals surface area contributed by atoms with Crippen molar-refractivity contribution in [3.05, 3.63) is 0 Å². The van der Waals surface area contributed by atoms with Gasteiger partial charge in [-0.25, -0.2) is 0 Å². The molecule has 0 aromatic rings. The molecule has 0 unspecified atom stereocenters. The largest absolute Gasteiger partial charge is 0.392 e. The van der Waals surface area contributed by atoms with Crippen LogP contribution >= 0.6 is 0 Å². The van der Waals surface area contributed by atoms with E-state index in [-0.39, 0.29) is 33.7 Å². The molecule has 4 heteroatoms. The van der Waals surface area contributed by atoms with Gasteiger partial charge in [-0.05, 0) is 53.4 Å². The Labute approximate surface area is 148 Å². The van der Waals surface area contributed by atoms with Gasteiger partial charge >= 0.3 is 0 Å². The molecule has 0 aliphatic carbocycles. The van der Waals surface area contributed by atoms with E-state index in [0.29, 0.717) is 0 Å². The molecule has 0 atom stereocenters. The Kier molecular flexibility index (Phi) is 3.42. The summed E-state index contributed by atoms with van der Waals surface area (Å²) in [5.74, 6) is 0. The van der Waals surface area contributed by atoms with E-state index in [1.807, 2.05) is 0 Å². The second-order valence-electron chi connectivity index (χ2n) is 10.8. The van der Waals surface area contributed by atoms with Gasteiger partial charge in [0, 0.05) is 48.1 Å². The lowest BCUT2D eigenvalue weighted by Crippen LogP contribution is -2.87. The van der Waals surface area contributed by atoms with Crippen LogP contribution in [0.4, 0.5) is 0 Å². The van der Waals surface area contributed by atoms with Crippen molar-refractivity contribution >= 4 is 0 Å². The average Bonchev–Trinajstić information content (AvgIpc) is 2.43. The van der Waals surface area contributed by atoms with Gasteiger partial charge in [-0.3, -0.25) is 9.80 Å². The van der Waals surface area contributed by atoms with Crippen molar-refractivity contribution < 1.29 is 5.11 Å². The molecule has 138 valence electrons. The van der Waals surface area contributed by atoms with Gasteiger partial charge in [0.15, 0.2) is 0 Å². The summed E-state index contributed by atoms with van der Waals surface area (Å²) >= 11 is 0. The minimum Gasteiger partial charge on any atom is -0.392 e. The second kappa shape index (κ2) is 4.76. The highest BCUT2D eigenvalue weighted by Gasteiger charge is 2.69. The minimum atomic E-state index is -0.132. The molecule has 1 spiro atoms. The Morgan fingerprint density at radius 3 is 1.54 bits per heavy atom. The van der Waals surface area contributed by atoms with Crippen LogP contribution in [0, 0.1) is 10.8 Å². The zero-order valence-corrected chi connectivity index (χ0v) is 16.6. The first-order chi connectivity index (χ1) is 11.0. The fourth-order valence-electron chi connectivity index (χ4n) is 7.28. The molecule has 5 saturated heterocycles. The van der Waals surface area contributed by atoms with Gasteiger partial charge in [-0.15, -0.1) is 0 Å². The summed E-state index contributed by atoms with van der Waals surface area (Å²) in [6.45, 7) is 18.3. The molecule has 5 rings (SSSR count). The van der Waals surface area contributed by atoms with E-state index in [1.54, 1.807) is 0 Å². The first-order valence-electron chi connectivity index (χ1n) is 10.00. The number of nitrogens with one attached hydrogen (secondary N) is 1. The summed E-state index contributed by atoms with van der Waals surface area (Å²) in [4.78, 5) is 5.59. The van der Waals surface area contributed by atoms with E-state index in [1.165, 1.54) is 12.8 Å². The molecule has 0 aromatic carbocycles. The van der Waals surface area contributed by atoms with E-state index in [4.69, 9.17) is 0 Å². The van der Waals surface area contributed by atoms with Gasteiger partial charge in [0.25, 0.3) is 0 Å². The zero-order chi connectivity index (χ0) is 17.6. The zero-order valence-electron chi connectivity index (χ0n) is 16.6. The third kappa shape index (κ3) is 2.06. The van der Waals surface area contributed by atoms with E-state index < -0.39 is 0 Å². The number of rotatable bonds is 2. The van der Waals surface area contributed by atoms with Crippen LogP contribution in [-0.4, -0.2) is 63.9 Å². The van der Waals surface area contributed by atoms with Crippen molar-refractivity contribution in [3.63, 3.8) is 0 Å². The summed E-state index contributed by atoms with van der Waals surface area (Å²) in [7, 11) is 0. The maximum atomic E-state index is 11.3. The Morgan fingerprint density at radius 2 is 1.21 bits per heavy atom. The molecule has 0 aromatic heterocycles. The Hall–Kier alpha value is -0.160. The number of aliphatic hydroxyl groups excluding tert-OH is 1. The third-order valence-corrected chi connectivity index (χ3v) is 7.90. The molecule has 24 heavy (non-hydrogen) atoms. The predicted molar refractivity (Wildman–Crippen MR) is 97.9 cm³/mol. The molecule has 4 nitrogen and oxygen atoms in total. The topological polar surface area (TPSA) is 38.7 Å². The van der Waals surface area contributed by atoms with Crippen molar-refractivity contribution in [2.45, 2.75) is 90.1 Å². The Balaban J connectivity index is 1.78. The van der Waals surface area contributed by atoms with Crippen LogP contribution in [0.5, 0.6) is 0 Å². The predicted octanol–water partition coefficient (Wildman–Crippen LogP) is 2.42. The molecule has 5 fully saturated rings. The number of piperidine rings is 3. The quantitative estimate of drug-likeness (QED) is 0.813. The molecule has 0 saturated carbocycles. The van der Waals surface area contributed by atoms with Gasteiger partial charge in [0.2, 0.25) is 0 Å². The van der Waals surface area contributed by atoms with E-state index in [2.05, 4.69) is 56.7 Å². The van der Waals surface area contributed by atoms with E-state index in [0.717, 1.165) is 39.0 Å². The van der Waals surface area contributed by atoms with Crippen molar-refractivity contribution in [1.29, 1.82) is 0 Å². The highest BCUT2D eigenvalue weighted by Crippen LogP contribution is 2.60. The highest BCUT2D eigenvalue weighted by molar-refractivity contribution is 5.22.